The van der Waals surface area contributed by atoms with E-state index in [9.17, 15) is 0 Å². The zero-order valence-electron chi connectivity index (χ0n) is 9.27. The minimum atomic E-state index is -0.286. The van der Waals surface area contributed by atoms with Crippen LogP contribution in [0.4, 0.5) is 0 Å². The third-order valence-corrected chi connectivity index (χ3v) is 1.08. The molecule has 0 saturated heterocycles. The van der Waals surface area contributed by atoms with Crippen molar-refractivity contribution in [2.24, 2.45) is 0 Å². The molecule has 0 aromatic carbocycles. The predicted octanol–water partition coefficient (Wildman–Crippen LogP) is 3.65. The maximum absolute atomic E-state index is 5.57. The van der Waals surface area contributed by atoms with Crippen LogP contribution in [0, 0.1) is 0 Å². The summed E-state index contributed by atoms with van der Waals surface area (Å²) in [6.45, 7) is 11.7. The van der Waals surface area contributed by atoms with E-state index in [0.29, 0.717) is 5.95 Å². The van der Waals surface area contributed by atoms with Gasteiger partial charge in [0, 0.05) is 0 Å². The molecule has 0 bridgehead atoms. The minimum Gasteiger partial charge on any atom is -0.459 e. The Labute approximate surface area is 85.9 Å². The second-order valence-corrected chi connectivity index (χ2v) is 5.08. The van der Waals surface area contributed by atoms with Gasteiger partial charge < -0.3 is 9.47 Å². The standard InChI is InChI=1S/C10H19ClO2/c1-9(2,3)12-8(7-11)13-10(4,5)6/h7H,1-6H3. The van der Waals surface area contributed by atoms with E-state index in [4.69, 9.17) is 21.1 Å². The van der Waals surface area contributed by atoms with Crippen LogP contribution in [-0.2, 0) is 9.47 Å². The van der Waals surface area contributed by atoms with Crippen molar-refractivity contribution in [3.05, 3.63) is 11.5 Å². The van der Waals surface area contributed by atoms with Crippen LogP contribution in [0.15, 0.2) is 11.5 Å². The molecule has 0 N–H and O–H groups in total. The maximum Gasteiger partial charge on any atom is 0.292 e. The lowest BCUT2D eigenvalue weighted by atomic mass is 10.2. The lowest BCUT2D eigenvalue weighted by molar-refractivity contribution is -0.0908. The summed E-state index contributed by atoms with van der Waals surface area (Å²) in [6.07, 6.45) is 0. The summed E-state index contributed by atoms with van der Waals surface area (Å²) in [5.74, 6) is 0.363. The summed E-state index contributed by atoms with van der Waals surface area (Å²) in [6, 6.07) is 0. The van der Waals surface area contributed by atoms with Crippen molar-refractivity contribution in [3.8, 4) is 0 Å². The number of hydrogen-bond donors (Lipinski definition) is 0. The molecule has 0 aromatic heterocycles. The van der Waals surface area contributed by atoms with Gasteiger partial charge in [0.15, 0.2) is 0 Å². The molecule has 78 valence electrons. The molecule has 0 heterocycles. The lowest BCUT2D eigenvalue weighted by Gasteiger charge is -2.28. The van der Waals surface area contributed by atoms with Crippen molar-refractivity contribution in [2.75, 3.05) is 0 Å². The summed E-state index contributed by atoms with van der Waals surface area (Å²) in [5, 5.41) is 0. The first-order valence-corrected chi connectivity index (χ1v) is 4.76. The average molecular weight is 207 g/mol. The normalized spacial score (nSPS) is 12.2. The molecular formula is C10H19ClO2. The fourth-order valence-corrected chi connectivity index (χ4v) is 0.758. The highest BCUT2D eigenvalue weighted by molar-refractivity contribution is 6.25. The van der Waals surface area contributed by atoms with Gasteiger partial charge in [-0.05, 0) is 41.5 Å². The number of rotatable bonds is 2. The molecule has 0 fully saturated rings. The van der Waals surface area contributed by atoms with Crippen LogP contribution >= 0.6 is 11.6 Å². The van der Waals surface area contributed by atoms with Gasteiger partial charge in [0.1, 0.15) is 11.2 Å². The van der Waals surface area contributed by atoms with E-state index >= 15 is 0 Å². The van der Waals surface area contributed by atoms with E-state index < -0.39 is 0 Å². The average Bonchev–Trinajstić information content (AvgIpc) is 1.79. The molecule has 0 aromatic rings. The predicted molar refractivity (Wildman–Crippen MR) is 55.6 cm³/mol. The molecule has 3 heteroatoms. The van der Waals surface area contributed by atoms with Gasteiger partial charge in [0.2, 0.25) is 0 Å². The van der Waals surface area contributed by atoms with Crippen molar-refractivity contribution in [1.29, 1.82) is 0 Å². The van der Waals surface area contributed by atoms with E-state index in [1.54, 1.807) is 0 Å². The third-order valence-electron chi connectivity index (χ3n) is 0.903. The Morgan fingerprint density at radius 1 is 0.923 bits per heavy atom. The maximum atomic E-state index is 5.57. The zero-order valence-corrected chi connectivity index (χ0v) is 10.0. The highest BCUT2D eigenvalue weighted by Gasteiger charge is 2.19. The van der Waals surface area contributed by atoms with Gasteiger partial charge in [0.05, 0.1) is 5.54 Å². The van der Waals surface area contributed by atoms with Crippen LogP contribution in [0.1, 0.15) is 41.5 Å². The molecule has 13 heavy (non-hydrogen) atoms. The molecule has 2 nitrogen and oxygen atoms in total. The van der Waals surface area contributed by atoms with Gasteiger partial charge in [-0.25, -0.2) is 0 Å². The second-order valence-electron chi connectivity index (χ2n) is 4.86. The summed E-state index contributed by atoms with van der Waals surface area (Å²) in [5.41, 5.74) is 0.744. The molecule has 0 unspecified atom stereocenters. The molecule has 0 rings (SSSR count). The van der Waals surface area contributed by atoms with E-state index in [0.717, 1.165) is 0 Å². The molecule has 0 atom stereocenters. The topological polar surface area (TPSA) is 18.5 Å². The minimum absolute atomic E-state index is 0.286. The lowest BCUT2D eigenvalue weighted by Crippen LogP contribution is -2.25. The van der Waals surface area contributed by atoms with E-state index in [-0.39, 0.29) is 11.2 Å². The number of hydrogen-bond acceptors (Lipinski definition) is 2. The second kappa shape index (κ2) is 4.23. The van der Waals surface area contributed by atoms with Gasteiger partial charge in [0.25, 0.3) is 5.95 Å². The highest BCUT2D eigenvalue weighted by atomic mass is 35.5. The fourth-order valence-electron chi connectivity index (χ4n) is 0.669. The zero-order chi connectivity index (χ0) is 10.7. The van der Waals surface area contributed by atoms with Gasteiger partial charge >= 0.3 is 0 Å². The first-order valence-electron chi connectivity index (χ1n) is 4.32. The summed E-state index contributed by atoms with van der Waals surface area (Å²) in [4.78, 5) is 0. The van der Waals surface area contributed by atoms with Gasteiger partial charge in [-0.15, -0.1) is 0 Å². The monoisotopic (exact) mass is 206 g/mol. The summed E-state index contributed by atoms with van der Waals surface area (Å²) < 4.78 is 10.9. The highest BCUT2D eigenvalue weighted by Crippen LogP contribution is 2.20. The number of ether oxygens (including phenoxy) is 2. The summed E-state index contributed by atoms with van der Waals surface area (Å²) in [7, 11) is 0. The number of halogens is 1. The molecule has 0 radical (unpaired) electrons. The Bertz CT molecular complexity index is 166. The molecule has 0 aliphatic rings. The Balaban J connectivity index is 4.24. The van der Waals surface area contributed by atoms with Gasteiger partial charge in [-0.3, -0.25) is 0 Å². The third kappa shape index (κ3) is 7.97. The molecule has 0 amide bonds. The molecule has 0 aliphatic carbocycles. The first-order chi connectivity index (χ1) is 5.64. The quantitative estimate of drug-likeness (QED) is 0.642. The first kappa shape index (κ1) is 12.6. The van der Waals surface area contributed by atoms with Crippen molar-refractivity contribution in [1.82, 2.24) is 0 Å². The van der Waals surface area contributed by atoms with Crippen LogP contribution in [-0.4, -0.2) is 11.2 Å². The van der Waals surface area contributed by atoms with E-state index in [1.165, 1.54) is 5.54 Å². The molecule has 0 saturated carbocycles. The Kier molecular flexibility index (Phi) is 4.11. The van der Waals surface area contributed by atoms with Gasteiger partial charge in [-0.2, -0.15) is 0 Å². The molecule has 0 aliphatic heterocycles. The van der Waals surface area contributed by atoms with Crippen LogP contribution in [0.3, 0.4) is 0 Å². The SMILES string of the molecule is CC(C)(C)OC(=CCl)OC(C)(C)C. The Morgan fingerprint density at radius 3 is 1.38 bits per heavy atom. The fraction of sp³-hybridized carbons (Fsp3) is 0.800. The van der Waals surface area contributed by atoms with Crippen molar-refractivity contribution in [2.45, 2.75) is 52.7 Å². The van der Waals surface area contributed by atoms with Crippen molar-refractivity contribution >= 4 is 11.6 Å². The Morgan fingerprint density at radius 2 is 1.23 bits per heavy atom. The Hall–Kier alpha value is -0.370. The van der Waals surface area contributed by atoms with E-state index in [2.05, 4.69) is 0 Å². The van der Waals surface area contributed by atoms with Crippen LogP contribution in [0.2, 0.25) is 0 Å². The van der Waals surface area contributed by atoms with Crippen LogP contribution < -0.4 is 0 Å². The molecule has 0 spiro atoms. The van der Waals surface area contributed by atoms with Crippen LogP contribution in [0.25, 0.3) is 0 Å². The van der Waals surface area contributed by atoms with Gasteiger partial charge in [-0.1, -0.05) is 11.6 Å². The summed E-state index contributed by atoms with van der Waals surface area (Å²) >= 11 is 5.57. The van der Waals surface area contributed by atoms with E-state index in [1.807, 2.05) is 41.5 Å². The van der Waals surface area contributed by atoms with Crippen LogP contribution in [0.5, 0.6) is 0 Å². The van der Waals surface area contributed by atoms with Crippen molar-refractivity contribution in [3.63, 3.8) is 0 Å². The largest absolute Gasteiger partial charge is 0.459 e. The smallest absolute Gasteiger partial charge is 0.292 e. The molecular weight excluding hydrogens is 188 g/mol. The van der Waals surface area contributed by atoms with Crippen molar-refractivity contribution < 1.29 is 9.47 Å².